The number of amides is 1. The van der Waals surface area contributed by atoms with Gasteiger partial charge in [-0.15, -0.1) is 0 Å². The molecule has 1 aliphatic carbocycles. The second-order valence-corrected chi connectivity index (χ2v) is 11.0. The van der Waals surface area contributed by atoms with Gasteiger partial charge in [-0.2, -0.15) is 4.98 Å². The Morgan fingerprint density at radius 1 is 1.16 bits per heavy atom. The molecule has 2 aliphatic rings. The smallest absolute Gasteiger partial charge is 0.257 e. The van der Waals surface area contributed by atoms with Crippen LogP contribution in [0, 0.1) is 0 Å². The number of ether oxygens (including phenoxy) is 1. The average molecular weight is 520 g/mol. The Morgan fingerprint density at radius 3 is 2.61 bits per heavy atom. The number of nitrogens with one attached hydrogen (secondary N) is 1. The summed E-state index contributed by atoms with van der Waals surface area (Å²) in [4.78, 5) is 24.9. The third-order valence-electron chi connectivity index (χ3n) is 8.32. The van der Waals surface area contributed by atoms with Gasteiger partial charge in [0.25, 0.3) is 5.91 Å². The lowest BCUT2D eigenvalue weighted by Gasteiger charge is -2.32. The van der Waals surface area contributed by atoms with Gasteiger partial charge in [-0.3, -0.25) is 4.79 Å². The second-order valence-electron chi connectivity index (χ2n) is 11.0. The molecule has 204 valence electrons. The monoisotopic (exact) mass is 519 g/mol. The number of rotatable bonds is 8. The van der Waals surface area contributed by atoms with Crippen LogP contribution in [0.25, 0.3) is 11.0 Å². The first-order chi connectivity index (χ1) is 18.5. The minimum absolute atomic E-state index is 0.0318. The summed E-state index contributed by atoms with van der Waals surface area (Å²) in [6, 6.07) is 8.09. The number of carbonyl (C=O) groups excluding carboxylic acids is 1. The number of aliphatic hydroxyl groups is 1. The first kappa shape index (κ1) is 26.5. The Kier molecular flexibility index (Phi) is 8.17. The number of para-hydroxylation sites is 1. The zero-order chi connectivity index (χ0) is 26.6. The van der Waals surface area contributed by atoms with Gasteiger partial charge in [0.2, 0.25) is 5.95 Å². The number of nitrogens with zero attached hydrogens (tertiary/aromatic N) is 4. The molecule has 1 saturated heterocycles. The summed E-state index contributed by atoms with van der Waals surface area (Å²) in [5, 5.41) is 14.7. The van der Waals surface area contributed by atoms with Gasteiger partial charge in [-0.25, -0.2) is 4.98 Å². The van der Waals surface area contributed by atoms with Crippen molar-refractivity contribution in [1.29, 1.82) is 0 Å². The van der Waals surface area contributed by atoms with Crippen molar-refractivity contribution in [1.82, 2.24) is 19.4 Å². The van der Waals surface area contributed by atoms with Crippen LogP contribution in [0.2, 0.25) is 0 Å². The third kappa shape index (κ3) is 5.51. The van der Waals surface area contributed by atoms with Crippen molar-refractivity contribution in [3.05, 3.63) is 47.8 Å². The second kappa shape index (κ2) is 11.7. The Hall–Kier alpha value is -3.13. The van der Waals surface area contributed by atoms with E-state index in [1.54, 1.807) is 7.11 Å². The molecule has 5 rings (SSSR count). The summed E-state index contributed by atoms with van der Waals surface area (Å²) < 4.78 is 7.77. The highest BCUT2D eigenvalue weighted by Gasteiger charge is 2.30. The zero-order valence-corrected chi connectivity index (χ0v) is 22.9. The molecule has 1 amide bonds. The number of piperidine rings is 1. The predicted molar refractivity (Wildman–Crippen MR) is 150 cm³/mol. The van der Waals surface area contributed by atoms with Crippen molar-refractivity contribution in [2.75, 3.05) is 25.5 Å². The highest BCUT2D eigenvalue weighted by Crippen LogP contribution is 2.38. The Bertz CT molecular complexity index is 1240. The van der Waals surface area contributed by atoms with Crippen molar-refractivity contribution in [2.45, 2.75) is 89.3 Å². The molecule has 1 saturated carbocycles. The number of carbonyl (C=O) groups is 1. The number of benzene rings is 1. The van der Waals surface area contributed by atoms with Crippen LogP contribution < -0.4 is 10.1 Å². The average Bonchev–Trinajstić information content (AvgIpc) is 3.32. The molecule has 8 heteroatoms. The normalized spacial score (nSPS) is 21.4. The molecule has 3 heterocycles. The van der Waals surface area contributed by atoms with Gasteiger partial charge in [-0.05, 0) is 75.5 Å². The number of hydrogen-bond acceptors (Lipinski definition) is 6. The summed E-state index contributed by atoms with van der Waals surface area (Å²) >= 11 is 0. The number of hydrogen-bond donors (Lipinski definition) is 2. The van der Waals surface area contributed by atoms with Crippen molar-refractivity contribution in [2.24, 2.45) is 0 Å². The standard InChI is InChI=1S/C30H41N5O3/c1-4-7-20(2)32-30-31-18-25-26(19-35(28(25)33-30)22-10-12-23(36)13-11-22)21-14-16-34(17-15-21)29(37)24-8-5-6-9-27(24)38-3/h5-6,8-9,18-23,36H,4,7,10-17H2,1-3H3,(H,31,32,33)/t20-,22?,23?/m0/s1. The SMILES string of the molecule is CCC[C@H](C)Nc1ncc2c(C3CCN(C(=O)c4ccccc4OC)CC3)cn(C3CCC(O)CC3)c2n1. The van der Waals surface area contributed by atoms with E-state index in [-0.39, 0.29) is 12.0 Å². The number of aromatic nitrogens is 3. The molecular formula is C30H41N5O3. The fraction of sp³-hybridized carbons (Fsp3) is 0.567. The van der Waals surface area contributed by atoms with Gasteiger partial charge in [0.15, 0.2) is 0 Å². The maximum Gasteiger partial charge on any atom is 0.257 e. The van der Waals surface area contributed by atoms with E-state index >= 15 is 0 Å². The Morgan fingerprint density at radius 2 is 1.89 bits per heavy atom. The Balaban J connectivity index is 1.38. The fourth-order valence-electron chi connectivity index (χ4n) is 6.17. The molecule has 1 aromatic carbocycles. The zero-order valence-electron chi connectivity index (χ0n) is 22.9. The fourth-order valence-corrected chi connectivity index (χ4v) is 6.17. The number of likely N-dealkylation sites (tertiary alicyclic amines) is 1. The van der Waals surface area contributed by atoms with Crippen LogP contribution in [0.1, 0.15) is 93.1 Å². The van der Waals surface area contributed by atoms with Gasteiger partial charge in [-0.1, -0.05) is 25.5 Å². The van der Waals surface area contributed by atoms with Crippen molar-refractivity contribution < 1.29 is 14.6 Å². The number of fused-ring (bicyclic) bond motifs is 1. The van der Waals surface area contributed by atoms with E-state index in [0.29, 0.717) is 48.4 Å². The van der Waals surface area contributed by atoms with Crippen LogP contribution in [-0.2, 0) is 0 Å². The highest BCUT2D eigenvalue weighted by molar-refractivity contribution is 5.97. The van der Waals surface area contributed by atoms with Gasteiger partial charge in [0.05, 0.1) is 18.8 Å². The molecule has 0 spiro atoms. The van der Waals surface area contributed by atoms with Crippen LogP contribution in [0.15, 0.2) is 36.7 Å². The van der Waals surface area contributed by atoms with E-state index in [1.807, 2.05) is 35.4 Å². The minimum atomic E-state index is -0.195. The molecule has 1 aliphatic heterocycles. The largest absolute Gasteiger partial charge is 0.496 e. The van der Waals surface area contributed by atoms with E-state index in [9.17, 15) is 9.90 Å². The van der Waals surface area contributed by atoms with E-state index < -0.39 is 0 Å². The quantitative estimate of drug-likeness (QED) is 0.406. The van der Waals surface area contributed by atoms with E-state index in [0.717, 1.165) is 62.4 Å². The first-order valence-electron chi connectivity index (χ1n) is 14.2. The molecule has 3 aromatic rings. The van der Waals surface area contributed by atoms with Crippen molar-refractivity contribution in [3.63, 3.8) is 0 Å². The summed E-state index contributed by atoms with van der Waals surface area (Å²) in [5.74, 6) is 1.67. The topological polar surface area (TPSA) is 92.5 Å². The highest BCUT2D eigenvalue weighted by atomic mass is 16.5. The van der Waals surface area contributed by atoms with Gasteiger partial charge < -0.3 is 24.6 Å². The molecule has 8 nitrogen and oxygen atoms in total. The van der Waals surface area contributed by atoms with Crippen LogP contribution in [0.5, 0.6) is 5.75 Å². The number of aliphatic hydroxyl groups excluding tert-OH is 1. The lowest BCUT2D eigenvalue weighted by molar-refractivity contribution is 0.0709. The molecule has 0 radical (unpaired) electrons. The van der Waals surface area contributed by atoms with Crippen LogP contribution in [0.3, 0.4) is 0 Å². The molecule has 1 atom stereocenters. The van der Waals surface area contributed by atoms with E-state index in [4.69, 9.17) is 14.7 Å². The lowest BCUT2D eigenvalue weighted by Crippen LogP contribution is -2.38. The molecule has 0 unspecified atom stereocenters. The summed E-state index contributed by atoms with van der Waals surface area (Å²) in [7, 11) is 1.61. The number of methoxy groups -OCH3 is 1. The van der Waals surface area contributed by atoms with Crippen LogP contribution in [0.4, 0.5) is 5.95 Å². The molecular weight excluding hydrogens is 478 g/mol. The van der Waals surface area contributed by atoms with E-state index in [2.05, 4.69) is 29.9 Å². The van der Waals surface area contributed by atoms with Gasteiger partial charge in [0.1, 0.15) is 11.4 Å². The molecule has 2 N–H and O–H groups in total. The molecule has 2 fully saturated rings. The van der Waals surface area contributed by atoms with Crippen LogP contribution >= 0.6 is 0 Å². The predicted octanol–water partition coefficient (Wildman–Crippen LogP) is 5.54. The molecule has 38 heavy (non-hydrogen) atoms. The summed E-state index contributed by atoms with van der Waals surface area (Å²) in [6.07, 6.45) is 11.6. The maximum atomic E-state index is 13.2. The van der Waals surface area contributed by atoms with Crippen LogP contribution in [-0.4, -0.2) is 62.8 Å². The van der Waals surface area contributed by atoms with Crippen molar-refractivity contribution >= 4 is 22.9 Å². The molecule has 0 bridgehead atoms. The Labute approximate surface area is 225 Å². The maximum absolute atomic E-state index is 13.2. The minimum Gasteiger partial charge on any atom is -0.496 e. The first-order valence-corrected chi connectivity index (χ1v) is 14.2. The third-order valence-corrected chi connectivity index (χ3v) is 8.32. The van der Waals surface area contributed by atoms with Crippen molar-refractivity contribution in [3.8, 4) is 5.75 Å². The van der Waals surface area contributed by atoms with Gasteiger partial charge in [0, 0.05) is 43.0 Å². The summed E-state index contributed by atoms with van der Waals surface area (Å²) in [5.41, 5.74) is 2.88. The lowest BCUT2D eigenvalue weighted by atomic mass is 9.89. The number of anilines is 1. The summed E-state index contributed by atoms with van der Waals surface area (Å²) in [6.45, 7) is 5.77. The van der Waals surface area contributed by atoms with E-state index in [1.165, 1.54) is 5.56 Å². The molecule has 2 aromatic heterocycles. The van der Waals surface area contributed by atoms with Gasteiger partial charge >= 0.3 is 0 Å².